The molecule has 0 spiro atoms. The molecule has 1 aromatic rings. The molecule has 0 saturated carbocycles. The van der Waals surface area contributed by atoms with E-state index < -0.39 is 0 Å². The predicted molar refractivity (Wildman–Crippen MR) is 92.0 cm³/mol. The largest absolute Gasteiger partial charge is 0.366 e. The number of nitrogens with one attached hydrogen (secondary N) is 1. The minimum atomic E-state index is 0.579. The van der Waals surface area contributed by atoms with E-state index in [1.807, 2.05) is 0 Å². The number of hydrogen-bond acceptors (Lipinski definition) is 3. The Labute approximate surface area is 130 Å². The lowest BCUT2D eigenvalue weighted by molar-refractivity contribution is 0.275. The maximum absolute atomic E-state index is 3.59. The van der Waals surface area contributed by atoms with Crippen LogP contribution >= 0.6 is 0 Å². The van der Waals surface area contributed by atoms with Crippen molar-refractivity contribution in [2.45, 2.75) is 40.3 Å². The summed E-state index contributed by atoms with van der Waals surface area (Å²) in [4.78, 5) is 5.00. The molecule has 3 nitrogen and oxygen atoms in total. The van der Waals surface area contributed by atoms with Crippen molar-refractivity contribution in [3.05, 3.63) is 29.3 Å². The summed E-state index contributed by atoms with van der Waals surface area (Å²) in [6.45, 7) is 14.5. The fraction of sp³-hybridized carbons (Fsp3) is 0.667. The van der Waals surface area contributed by atoms with Crippen molar-refractivity contribution < 1.29 is 0 Å². The molecule has 1 aliphatic heterocycles. The van der Waals surface area contributed by atoms with E-state index in [0.717, 1.165) is 32.7 Å². The monoisotopic (exact) mass is 289 g/mol. The van der Waals surface area contributed by atoms with Gasteiger partial charge in [-0.15, -0.1) is 0 Å². The molecule has 1 heterocycles. The molecule has 0 radical (unpaired) electrons. The summed E-state index contributed by atoms with van der Waals surface area (Å²) < 4.78 is 0. The number of anilines is 1. The van der Waals surface area contributed by atoms with Crippen LogP contribution in [0.4, 0.5) is 5.69 Å². The number of aryl methyl sites for hydroxylation is 1. The van der Waals surface area contributed by atoms with Crippen LogP contribution in [0.5, 0.6) is 0 Å². The van der Waals surface area contributed by atoms with Gasteiger partial charge in [0, 0.05) is 37.9 Å². The van der Waals surface area contributed by atoms with Crippen molar-refractivity contribution in [2.75, 3.05) is 38.1 Å². The van der Waals surface area contributed by atoms with Gasteiger partial charge >= 0.3 is 0 Å². The zero-order chi connectivity index (χ0) is 15.4. The number of rotatable bonds is 5. The number of likely N-dealkylation sites (N-methyl/N-ethyl adjacent to an activating group) is 1. The van der Waals surface area contributed by atoms with Gasteiger partial charge in [-0.2, -0.15) is 0 Å². The van der Waals surface area contributed by atoms with E-state index in [1.165, 1.54) is 16.8 Å². The Balaban J connectivity index is 2.14. The molecule has 0 amide bonds. The first kappa shape index (κ1) is 16.3. The van der Waals surface area contributed by atoms with E-state index in [-0.39, 0.29) is 0 Å². The quantitative estimate of drug-likeness (QED) is 0.899. The minimum absolute atomic E-state index is 0.579. The third-order valence-corrected chi connectivity index (χ3v) is 4.24. The molecule has 3 heteroatoms. The zero-order valence-corrected chi connectivity index (χ0v) is 14.3. The Morgan fingerprint density at radius 1 is 1.29 bits per heavy atom. The van der Waals surface area contributed by atoms with E-state index in [1.54, 1.807) is 0 Å². The Kier molecular flexibility index (Phi) is 5.65. The molecular formula is C18H31N3. The van der Waals surface area contributed by atoms with Crippen molar-refractivity contribution in [2.24, 2.45) is 5.92 Å². The average Bonchev–Trinajstić information content (AvgIpc) is 2.39. The van der Waals surface area contributed by atoms with Crippen LogP contribution in [-0.4, -0.2) is 44.2 Å². The van der Waals surface area contributed by atoms with Crippen LogP contribution in [0, 0.1) is 12.8 Å². The first-order chi connectivity index (χ1) is 9.97. The second kappa shape index (κ2) is 7.28. The molecule has 1 saturated heterocycles. The highest BCUT2D eigenvalue weighted by molar-refractivity contribution is 5.56. The highest BCUT2D eigenvalue weighted by Crippen LogP contribution is 2.26. The van der Waals surface area contributed by atoms with Crippen LogP contribution in [0.25, 0.3) is 0 Å². The fourth-order valence-corrected chi connectivity index (χ4v) is 3.13. The molecule has 1 fully saturated rings. The van der Waals surface area contributed by atoms with Gasteiger partial charge in [-0.3, -0.25) is 0 Å². The summed E-state index contributed by atoms with van der Waals surface area (Å²) in [6, 6.07) is 7.47. The van der Waals surface area contributed by atoms with E-state index in [4.69, 9.17) is 0 Å². The second-order valence-electron chi connectivity index (χ2n) is 6.96. The van der Waals surface area contributed by atoms with Crippen LogP contribution in [0.15, 0.2) is 18.2 Å². The van der Waals surface area contributed by atoms with E-state index in [0.29, 0.717) is 12.0 Å². The normalized spacial score (nSPS) is 20.3. The lowest BCUT2D eigenvalue weighted by Crippen LogP contribution is -2.50. The van der Waals surface area contributed by atoms with Crippen LogP contribution in [0.3, 0.4) is 0 Å². The standard InChI is InChI=1S/C18H31N3/c1-14(2)11-19-12-17-10-15(3)6-7-18(17)21-9-8-20(5)13-16(21)4/h6-7,10,14,16,19H,8-9,11-13H2,1-5H3. The minimum Gasteiger partial charge on any atom is -0.366 e. The van der Waals surface area contributed by atoms with Gasteiger partial charge in [0.2, 0.25) is 0 Å². The number of hydrogen-bond donors (Lipinski definition) is 1. The van der Waals surface area contributed by atoms with Gasteiger partial charge in [-0.25, -0.2) is 0 Å². The van der Waals surface area contributed by atoms with Crippen molar-refractivity contribution in [3.8, 4) is 0 Å². The van der Waals surface area contributed by atoms with E-state index in [2.05, 4.69) is 68.1 Å². The van der Waals surface area contributed by atoms with E-state index >= 15 is 0 Å². The molecular weight excluding hydrogens is 258 g/mol. The van der Waals surface area contributed by atoms with Gasteiger partial charge < -0.3 is 15.1 Å². The van der Waals surface area contributed by atoms with Gasteiger partial charge in [0.15, 0.2) is 0 Å². The van der Waals surface area contributed by atoms with Gasteiger partial charge in [0.05, 0.1) is 0 Å². The number of nitrogens with zero attached hydrogens (tertiary/aromatic N) is 2. The van der Waals surface area contributed by atoms with Crippen LogP contribution < -0.4 is 10.2 Å². The first-order valence-electron chi connectivity index (χ1n) is 8.22. The van der Waals surface area contributed by atoms with Crippen molar-refractivity contribution in [3.63, 3.8) is 0 Å². The molecule has 0 aliphatic carbocycles. The number of benzene rings is 1. The Bertz CT molecular complexity index is 456. The smallest absolute Gasteiger partial charge is 0.0415 e. The van der Waals surface area contributed by atoms with Crippen molar-refractivity contribution >= 4 is 5.69 Å². The number of piperazine rings is 1. The first-order valence-corrected chi connectivity index (χ1v) is 8.22. The summed E-state index contributed by atoms with van der Waals surface area (Å²) in [5.74, 6) is 0.695. The average molecular weight is 289 g/mol. The molecule has 0 bridgehead atoms. The van der Waals surface area contributed by atoms with Crippen molar-refractivity contribution in [1.29, 1.82) is 0 Å². The zero-order valence-electron chi connectivity index (χ0n) is 14.3. The van der Waals surface area contributed by atoms with Crippen molar-refractivity contribution in [1.82, 2.24) is 10.2 Å². The molecule has 1 N–H and O–H groups in total. The molecule has 21 heavy (non-hydrogen) atoms. The molecule has 0 aromatic heterocycles. The maximum atomic E-state index is 3.59. The van der Waals surface area contributed by atoms with Gasteiger partial charge in [0.25, 0.3) is 0 Å². The molecule has 1 unspecified atom stereocenters. The van der Waals surface area contributed by atoms with Gasteiger partial charge in [0.1, 0.15) is 0 Å². The summed E-state index contributed by atoms with van der Waals surface area (Å²) in [7, 11) is 2.22. The van der Waals surface area contributed by atoms with Crippen LogP contribution in [0.2, 0.25) is 0 Å². The lowest BCUT2D eigenvalue weighted by atomic mass is 10.0. The predicted octanol–water partition coefficient (Wildman–Crippen LogP) is 2.88. The van der Waals surface area contributed by atoms with Gasteiger partial charge in [-0.1, -0.05) is 31.5 Å². The highest BCUT2D eigenvalue weighted by Gasteiger charge is 2.23. The van der Waals surface area contributed by atoms with E-state index in [9.17, 15) is 0 Å². The maximum Gasteiger partial charge on any atom is 0.0415 e. The summed E-state index contributed by atoms with van der Waals surface area (Å²) in [6.07, 6.45) is 0. The fourth-order valence-electron chi connectivity index (χ4n) is 3.13. The highest BCUT2D eigenvalue weighted by atomic mass is 15.3. The SMILES string of the molecule is Cc1ccc(N2CCN(C)CC2C)c(CNCC(C)C)c1. The second-order valence-corrected chi connectivity index (χ2v) is 6.96. The topological polar surface area (TPSA) is 18.5 Å². The van der Waals surface area contributed by atoms with Gasteiger partial charge in [-0.05, 0) is 45.0 Å². The summed E-state index contributed by atoms with van der Waals surface area (Å²) in [5, 5.41) is 3.59. The Hall–Kier alpha value is -1.06. The third kappa shape index (κ3) is 4.45. The lowest BCUT2D eigenvalue weighted by Gasteiger charge is -2.40. The molecule has 2 rings (SSSR count). The van der Waals surface area contributed by atoms with Crippen LogP contribution in [0.1, 0.15) is 31.9 Å². The summed E-state index contributed by atoms with van der Waals surface area (Å²) in [5.41, 5.74) is 4.20. The Morgan fingerprint density at radius 2 is 2.05 bits per heavy atom. The van der Waals surface area contributed by atoms with Crippen LogP contribution in [-0.2, 0) is 6.54 Å². The molecule has 1 atom stereocenters. The summed E-state index contributed by atoms with van der Waals surface area (Å²) >= 11 is 0. The molecule has 1 aliphatic rings. The Morgan fingerprint density at radius 3 is 2.71 bits per heavy atom. The third-order valence-electron chi connectivity index (χ3n) is 4.24. The molecule has 1 aromatic carbocycles. The molecule has 118 valence electrons.